The Bertz CT molecular complexity index is 422. The van der Waals surface area contributed by atoms with Gasteiger partial charge in [-0.1, -0.05) is 6.07 Å². The van der Waals surface area contributed by atoms with Gasteiger partial charge in [-0.05, 0) is 31.0 Å². The van der Waals surface area contributed by atoms with E-state index in [2.05, 4.69) is 5.32 Å². The summed E-state index contributed by atoms with van der Waals surface area (Å²) in [6, 6.07) is 6.80. The van der Waals surface area contributed by atoms with Crippen LogP contribution in [0.3, 0.4) is 0 Å². The van der Waals surface area contributed by atoms with E-state index in [1.54, 1.807) is 19.1 Å². The number of phenolic OH excluding ortho intramolecular Hbond substituents is 1. The molecule has 0 aromatic heterocycles. The zero-order valence-corrected chi connectivity index (χ0v) is 9.16. The molecule has 0 aliphatic rings. The van der Waals surface area contributed by atoms with Crippen molar-refractivity contribution in [2.45, 2.75) is 19.8 Å². The van der Waals surface area contributed by atoms with Crippen LogP contribution in [0.15, 0.2) is 18.2 Å². The average molecular weight is 218 g/mol. The van der Waals surface area contributed by atoms with Gasteiger partial charge < -0.3 is 10.4 Å². The van der Waals surface area contributed by atoms with Gasteiger partial charge in [0.05, 0.1) is 6.07 Å². The van der Waals surface area contributed by atoms with Crippen molar-refractivity contribution in [3.8, 4) is 11.8 Å². The predicted octanol–water partition coefficient (Wildman–Crippen LogP) is 1.73. The maximum absolute atomic E-state index is 11.6. The number of hydrogen-bond donors (Lipinski definition) is 2. The van der Waals surface area contributed by atoms with E-state index in [0.717, 1.165) is 5.56 Å². The molecule has 1 aromatic rings. The molecule has 4 heteroatoms. The Morgan fingerprint density at radius 1 is 1.56 bits per heavy atom. The lowest BCUT2D eigenvalue weighted by atomic mass is 10.1. The lowest BCUT2D eigenvalue weighted by Gasteiger charge is -2.05. The first kappa shape index (κ1) is 12.1. The quantitative estimate of drug-likeness (QED) is 0.756. The van der Waals surface area contributed by atoms with Crippen LogP contribution >= 0.6 is 0 Å². The van der Waals surface area contributed by atoms with Crippen molar-refractivity contribution in [3.05, 3.63) is 29.3 Å². The van der Waals surface area contributed by atoms with Gasteiger partial charge in [0, 0.05) is 18.5 Å². The van der Waals surface area contributed by atoms with Crippen LogP contribution in [0.1, 0.15) is 28.8 Å². The number of nitrogens with one attached hydrogen (secondary N) is 1. The smallest absolute Gasteiger partial charge is 0.251 e. The average Bonchev–Trinajstić information content (AvgIpc) is 2.28. The molecule has 4 nitrogen and oxygen atoms in total. The minimum atomic E-state index is -0.228. The number of aromatic hydroxyl groups is 1. The fraction of sp³-hybridized carbons (Fsp3) is 0.333. The molecule has 84 valence electrons. The van der Waals surface area contributed by atoms with Crippen molar-refractivity contribution in [1.82, 2.24) is 5.32 Å². The Labute approximate surface area is 94.5 Å². The Balaban J connectivity index is 2.53. The second kappa shape index (κ2) is 5.76. The summed E-state index contributed by atoms with van der Waals surface area (Å²) >= 11 is 0. The van der Waals surface area contributed by atoms with Gasteiger partial charge in [-0.3, -0.25) is 4.79 Å². The second-order valence-electron chi connectivity index (χ2n) is 3.52. The van der Waals surface area contributed by atoms with Crippen molar-refractivity contribution in [2.75, 3.05) is 6.54 Å². The second-order valence-corrected chi connectivity index (χ2v) is 3.52. The highest BCUT2D eigenvalue weighted by atomic mass is 16.3. The SMILES string of the molecule is Cc1ccc(C(=O)NCCCC#N)cc1O. The Morgan fingerprint density at radius 3 is 2.94 bits per heavy atom. The molecule has 0 spiro atoms. The Morgan fingerprint density at radius 2 is 2.31 bits per heavy atom. The summed E-state index contributed by atoms with van der Waals surface area (Å²) in [6.07, 6.45) is 1.07. The fourth-order valence-corrected chi connectivity index (χ4v) is 1.22. The number of unbranched alkanes of at least 4 members (excludes halogenated alkanes) is 1. The number of carbonyl (C=O) groups is 1. The third-order valence-electron chi connectivity index (χ3n) is 2.22. The number of phenols is 1. The van der Waals surface area contributed by atoms with Gasteiger partial charge in [0.25, 0.3) is 5.91 Å². The number of carbonyl (C=O) groups excluding carboxylic acids is 1. The molecule has 1 amide bonds. The van der Waals surface area contributed by atoms with Crippen LogP contribution in [0, 0.1) is 18.3 Å². The van der Waals surface area contributed by atoms with Crippen LogP contribution in [0.4, 0.5) is 0 Å². The molecule has 1 aromatic carbocycles. The van der Waals surface area contributed by atoms with E-state index in [9.17, 15) is 9.90 Å². The molecule has 0 radical (unpaired) electrons. The van der Waals surface area contributed by atoms with Crippen LogP contribution < -0.4 is 5.32 Å². The van der Waals surface area contributed by atoms with E-state index >= 15 is 0 Å². The first-order chi connectivity index (χ1) is 7.65. The first-order valence-corrected chi connectivity index (χ1v) is 5.10. The third-order valence-corrected chi connectivity index (χ3v) is 2.22. The third kappa shape index (κ3) is 3.28. The number of hydrogen-bond acceptors (Lipinski definition) is 3. The maximum atomic E-state index is 11.6. The highest BCUT2D eigenvalue weighted by molar-refractivity contribution is 5.94. The molecular formula is C12H14N2O2. The zero-order valence-electron chi connectivity index (χ0n) is 9.16. The molecule has 1 rings (SSSR count). The summed E-state index contributed by atoms with van der Waals surface area (Å²) in [6.45, 7) is 2.24. The summed E-state index contributed by atoms with van der Waals surface area (Å²) in [5.74, 6) is -0.113. The topological polar surface area (TPSA) is 73.1 Å². The summed E-state index contributed by atoms with van der Waals surface area (Å²) in [5.41, 5.74) is 1.17. The molecule has 16 heavy (non-hydrogen) atoms. The molecule has 0 heterocycles. The molecule has 0 unspecified atom stereocenters. The monoisotopic (exact) mass is 218 g/mol. The zero-order chi connectivity index (χ0) is 12.0. The van der Waals surface area contributed by atoms with Crippen molar-refractivity contribution in [3.63, 3.8) is 0 Å². The van der Waals surface area contributed by atoms with Gasteiger partial charge >= 0.3 is 0 Å². The Hall–Kier alpha value is -2.02. The van der Waals surface area contributed by atoms with E-state index in [4.69, 9.17) is 5.26 Å². The van der Waals surface area contributed by atoms with Crippen molar-refractivity contribution >= 4 is 5.91 Å². The summed E-state index contributed by atoms with van der Waals surface area (Å²) in [7, 11) is 0. The first-order valence-electron chi connectivity index (χ1n) is 5.10. The van der Waals surface area contributed by atoms with Crippen molar-refractivity contribution < 1.29 is 9.90 Å². The largest absolute Gasteiger partial charge is 0.508 e. The van der Waals surface area contributed by atoms with Gasteiger partial charge in [0.1, 0.15) is 5.75 Å². The number of nitrogens with zero attached hydrogens (tertiary/aromatic N) is 1. The van der Waals surface area contributed by atoms with Gasteiger partial charge in [-0.2, -0.15) is 5.26 Å². The highest BCUT2D eigenvalue weighted by Gasteiger charge is 2.06. The van der Waals surface area contributed by atoms with Crippen LogP contribution in [0.2, 0.25) is 0 Å². The molecule has 0 saturated heterocycles. The molecule has 0 atom stereocenters. The lowest BCUT2D eigenvalue weighted by molar-refractivity contribution is 0.0953. The molecule has 0 aliphatic heterocycles. The number of benzene rings is 1. The number of aryl methyl sites for hydroxylation is 1. The minimum Gasteiger partial charge on any atom is -0.508 e. The van der Waals surface area contributed by atoms with Crippen molar-refractivity contribution in [1.29, 1.82) is 5.26 Å². The van der Waals surface area contributed by atoms with E-state index in [1.165, 1.54) is 6.07 Å². The van der Waals surface area contributed by atoms with Gasteiger partial charge in [-0.25, -0.2) is 0 Å². The van der Waals surface area contributed by atoms with E-state index in [1.807, 2.05) is 6.07 Å². The predicted molar refractivity (Wildman–Crippen MR) is 60.0 cm³/mol. The summed E-state index contributed by atoms with van der Waals surface area (Å²) in [5, 5.41) is 20.4. The van der Waals surface area contributed by atoms with E-state index in [0.29, 0.717) is 24.9 Å². The number of nitriles is 1. The van der Waals surface area contributed by atoms with Crippen LogP contribution in [0.5, 0.6) is 5.75 Å². The van der Waals surface area contributed by atoms with E-state index in [-0.39, 0.29) is 11.7 Å². The summed E-state index contributed by atoms with van der Waals surface area (Å²) in [4.78, 5) is 11.6. The normalized spacial score (nSPS) is 9.50. The van der Waals surface area contributed by atoms with Crippen molar-refractivity contribution in [2.24, 2.45) is 0 Å². The number of rotatable bonds is 4. The van der Waals surface area contributed by atoms with Crippen LogP contribution in [0.25, 0.3) is 0 Å². The van der Waals surface area contributed by atoms with Crippen LogP contribution in [-0.2, 0) is 0 Å². The molecular weight excluding hydrogens is 204 g/mol. The van der Waals surface area contributed by atoms with Crippen LogP contribution in [-0.4, -0.2) is 17.6 Å². The van der Waals surface area contributed by atoms with Gasteiger partial charge in [0.2, 0.25) is 0 Å². The highest BCUT2D eigenvalue weighted by Crippen LogP contribution is 2.17. The Kier molecular flexibility index (Phi) is 4.34. The standard InChI is InChI=1S/C12H14N2O2/c1-9-4-5-10(8-11(9)15)12(16)14-7-3-2-6-13/h4-5,8,15H,2-3,7H2,1H3,(H,14,16). The molecule has 0 bridgehead atoms. The number of amides is 1. The summed E-state index contributed by atoms with van der Waals surface area (Å²) < 4.78 is 0. The molecule has 0 fully saturated rings. The van der Waals surface area contributed by atoms with Gasteiger partial charge in [0.15, 0.2) is 0 Å². The van der Waals surface area contributed by atoms with E-state index < -0.39 is 0 Å². The molecule has 0 saturated carbocycles. The van der Waals surface area contributed by atoms with Gasteiger partial charge in [-0.15, -0.1) is 0 Å². The minimum absolute atomic E-state index is 0.115. The lowest BCUT2D eigenvalue weighted by Crippen LogP contribution is -2.24. The molecule has 2 N–H and O–H groups in total. The maximum Gasteiger partial charge on any atom is 0.251 e. The molecule has 0 aliphatic carbocycles. The fourth-order valence-electron chi connectivity index (χ4n) is 1.22.